The average Bonchev–Trinajstić information content (AvgIpc) is 2.53. The first-order valence-electron chi connectivity index (χ1n) is 8.25. The molecule has 1 aliphatic carbocycles. The van der Waals surface area contributed by atoms with E-state index in [1.807, 2.05) is 0 Å². The van der Waals surface area contributed by atoms with Crippen molar-refractivity contribution in [1.29, 1.82) is 0 Å². The molecule has 6 unspecified atom stereocenters. The first-order chi connectivity index (χ1) is 10.5. The smallest absolute Gasteiger partial charge is 0.0861 e. The van der Waals surface area contributed by atoms with Crippen molar-refractivity contribution in [2.24, 2.45) is 17.8 Å². The molecule has 0 bridgehead atoms. The first kappa shape index (κ1) is 20.6. The van der Waals surface area contributed by atoms with Crippen molar-refractivity contribution >= 4 is 23.5 Å². The van der Waals surface area contributed by atoms with Gasteiger partial charge < -0.3 is 20.4 Å². The van der Waals surface area contributed by atoms with Gasteiger partial charge in [-0.15, -0.1) is 0 Å². The van der Waals surface area contributed by atoms with E-state index in [1.165, 1.54) is 19.3 Å². The Balaban J connectivity index is 2.34. The Morgan fingerprint density at radius 3 is 2.27 bits per heavy atom. The van der Waals surface area contributed by atoms with Crippen LogP contribution in [-0.4, -0.2) is 68.4 Å². The van der Waals surface area contributed by atoms with Gasteiger partial charge in [-0.3, -0.25) is 0 Å². The molecule has 0 aromatic heterocycles. The lowest BCUT2D eigenvalue weighted by Gasteiger charge is -2.37. The fraction of sp³-hybridized carbons (Fsp3) is 1.00. The van der Waals surface area contributed by atoms with Crippen molar-refractivity contribution in [3.05, 3.63) is 0 Å². The predicted octanol–water partition coefficient (Wildman–Crippen LogP) is 1.60. The largest absolute Gasteiger partial charge is 0.394 e. The Kier molecular flexibility index (Phi) is 10.4. The van der Waals surface area contributed by atoms with Crippen LogP contribution in [0.2, 0.25) is 0 Å². The van der Waals surface area contributed by atoms with Gasteiger partial charge in [0.2, 0.25) is 0 Å². The molecule has 0 aliphatic heterocycles. The number of hydrogen-bond acceptors (Lipinski definition) is 6. The van der Waals surface area contributed by atoms with Crippen molar-refractivity contribution < 1.29 is 20.4 Å². The van der Waals surface area contributed by atoms with Gasteiger partial charge in [0.1, 0.15) is 0 Å². The summed E-state index contributed by atoms with van der Waals surface area (Å²) in [6, 6.07) is 0. The van der Waals surface area contributed by atoms with Gasteiger partial charge in [0, 0.05) is 16.8 Å². The normalized spacial score (nSPS) is 30.0. The highest BCUT2D eigenvalue weighted by Gasteiger charge is 2.31. The summed E-state index contributed by atoms with van der Waals surface area (Å²) >= 11 is 3.52. The molecule has 0 saturated heterocycles. The second-order valence-electron chi connectivity index (χ2n) is 6.61. The number of hydrogen-bond donors (Lipinski definition) is 4. The molecule has 132 valence electrons. The van der Waals surface area contributed by atoms with E-state index in [1.54, 1.807) is 23.5 Å². The van der Waals surface area contributed by atoms with E-state index in [9.17, 15) is 10.2 Å². The third-order valence-electron chi connectivity index (χ3n) is 4.58. The van der Waals surface area contributed by atoms with Crippen molar-refractivity contribution in [2.75, 3.05) is 30.5 Å². The zero-order valence-electron chi connectivity index (χ0n) is 13.7. The first-order valence-corrected chi connectivity index (χ1v) is 10.4. The molecule has 0 spiro atoms. The molecule has 0 aromatic rings. The fourth-order valence-corrected chi connectivity index (χ4v) is 5.51. The lowest BCUT2D eigenvalue weighted by molar-refractivity contribution is 0.113. The topological polar surface area (TPSA) is 80.9 Å². The Labute approximate surface area is 143 Å². The highest BCUT2D eigenvalue weighted by atomic mass is 32.2. The molecule has 0 heterocycles. The van der Waals surface area contributed by atoms with Crippen LogP contribution in [0.4, 0.5) is 0 Å². The Hall–Kier alpha value is 0.540. The van der Waals surface area contributed by atoms with E-state index in [2.05, 4.69) is 13.8 Å². The van der Waals surface area contributed by atoms with Gasteiger partial charge >= 0.3 is 0 Å². The van der Waals surface area contributed by atoms with Crippen LogP contribution in [0, 0.1) is 17.8 Å². The van der Waals surface area contributed by atoms with Gasteiger partial charge in [-0.2, -0.15) is 23.5 Å². The number of rotatable bonds is 10. The van der Waals surface area contributed by atoms with Crippen LogP contribution >= 0.6 is 23.5 Å². The molecule has 0 radical (unpaired) electrons. The van der Waals surface area contributed by atoms with Crippen molar-refractivity contribution in [1.82, 2.24) is 0 Å². The molecule has 0 amide bonds. The minimum Gasteiger partial charge on any atom is -0.394 e. The zero-order valence-corrected chi connectivity index (χ0v) is 15.4. The molecular formula is C16H32O4S2. The number of aliphatic hydroxyl groups is 4. The molecule has 1 saturated carbocycles. The van der Waals surface area contributed by atoms with E-state index in [0.717, 1.165) is 5.75 Å². The molecule has 1 fully saturated rings. The monoisotopic (exact) mass is 352 g/mol. The van der Waals surface area contributed by atoms with E-state index >= 15 is 0 Å². The third-order valence-corrected chi connectivity index (χ3v) is 7.63. The Morgan fingerprint density at radius 2 is 1.64 bits per heavy atom. The van der Waals surface area contributed by atoms with Crippen LogP contribution in [-0.2, 0) is 0 Å². The van der Waals surface area contributed by atoms with Gasteiger partial charge in [0.05, 0.1) is 25.4 Å². The molecule has 1 rings (SSSR count). The molecule has 4 N–H and O–H groups in total. The maximum atomic E-state index is 9.52. The average molecular weight is 353 g/mol. The van der Waals surface area contributed by atoms with E-state index in [0.29, 0.717) is 34.5 Å². The molecule has 4 nitrogen and oxygen atoms in total. The molecule has 1 aliphatic rings. The van der Waals surface area contributed by atoms with Crippen LogP contribution in [0.1, 0.15) is 33.1 Å². The predicted molar refractivity (Wildman–Crippen MR) is 95.4 cm³/mol. The maximum Gasteiger partial charge on any atom is 0.0861 e. The van der Waals surface area contributed by atoms with Crippen LogP contribution in [0.3, 0.4) is 0 Å². The van der Waals surface area contributed by atoms with Crippen molar-refractivity contribution in [3.8, 4) is 0 Å². The molecule has 0 aromatic carbocycles. The summed E-state index contributed by atoms with van der Waals surface area (Å²) in [4.78, 5) is 0. The fourth-order valence-electron chi connectivity index (χ4n) is 2.93. The summed E-state index contributed by atoms with van der Waals surface area (Å²) < 4.78 is 0. The number of thioether (sulfide) groups is 2. The van der Waals surface area contributed by atoms with Gasteiger partial charge in [0.15, 0.2) is 0 Å². The summed E-state index contributed by atoms with van der Waals surface area (Å²) in [7, 11) is 0. The van der Waals surface area contributed by atoms with Gasteiger partial charge in [-0.05, 0) is 42.8 Å². The summed E-state index contributed by atoms with van der Waals surface area (Å²) in [5, 5.41) is 37.2. The Morgan fingerprint density at radius 1 is 1.00 bits per heavy atom. The van der Waals surface area contributed by atoms with Crippen molar-refractivity contribution in [3.63, 3.8) is 0 Å². The summed E-state index contributed by atoms with van der Waals surface area (Å²) in [6.07, 6.45) is 2.45. The van der Waals surface area contributed by atoms with Crippen LogP contribution < -0.4 is 0 Å². The lowest BCUT2D eigenvalue weighted by Crippen LogP contribution is -2.31. The highest BCUT2D eigenvalue weighted by molar-refractivity contribution is 8.00. The second kappa shape index (κ2) is 11.2. The standard InChI is InChI=1S/C16H32O4S2/c1-11-3-4-13(5-16(11)22-10-15(20)7-18)12(2)8-21-9-14(19)6-17/h11-20H,3-10H2,1-2H3. The van der Waals surface area contributed by atoms with E-state index in [-0.39, 0.29) is 13.2 Å². The highest BCUT2D eigenvalue weighted by Crippen LogP contribution is 2.40. The Bertz CT molecular complexity index is 293. The molecule has 6 heteroatoms. The van der Waals surface area contributed by atoms with Gasteiger partial charge in [0.25, 0.3) is 0 Å². The van der Waals surface area contributed by atoms with E-state index < -0.39 is 12.2 Å². The quantitative estimate of drug-likeness (QED) is 0.478. The molecule has 22 heavy (non-hydrogen) atoms. The minimum atomic E-state index is -0.606. The third kappa shape index (κ3) is 7.41. The summed E-state index contributed by atoms with van der Waals surface area (Å²) in [6.45, 7) is 4.26. The van der Waals surface area contributed by atoms with Gasteiger partial charge in [-0.1, -0.05) is 13.8 Å². The molecular weight excluding hydrogens is 320 g/mol. The minimum absolute atomic E-state index is 0.155. The SMILES string of the molecule is CC(CSCC(O)CO)C1CCC(C)C(SCC(O)CO)C1. The van der Waals surface area contributed by atoms with Gasteiger partial charge in [-0.25, -0.2) is 0 Å². The molecule has 6 atom stereocenters. The summed E-state index contributed by atoms with van der Waals surface area (Å²) in [5.74, 6) is 4.21. The maximum absolute atomic E-state index is 9.52. The summed E-state index contributed by atoms with van der Waals surface area (Å²) in [5.41, 5.74) is 0. The van der Waals surface area contributed by atoms with Crippen LogP contribution in [0.25, 0.3) is 0 Å². The number of aliphatic hydroxyl groups excluding tert-OH is 4. The van der Waals surface area contributed by atoms with Crippen molar-refractivity contribution in [2.45, 2.75) is 50.6 Å². The van der Waals surface area contributed by atoms with E-state index in [4.69, 9.17) is 10.2 Å². The lowest BCUT2D eigenvalue weighted by atomic mass is 9.77. The zero-order chi connectivity index (χ0) is 16.5. The second-order valence-corrected chi connectivity index (χ2v) is 8.96. The van der Waals surface area contributed by atoms with Crippen LogP contribution in [0.5, 0.6) is 0 Å². The van der Waals surface area contributed by atoms with Crippen LogP contribution in [0.15, 0.2) is 0 Å².